The molecule has 0 bridgehead atoms. The zero-order chi connectivity index (χ0) is 18.3. The molecular formula is C18H15Cl2N3O2S. The Hall–Kier alpha value is -2.02. The van der Waals surface area contributed by atoms with Crippen molar-refractivity contribution in [3.8, 4) is 5.75 Å². The van der Waals surface area contributed by atoms with Gasteiger partial charge in [0, 0.05) is 18.1 Å². The van der Waals surface area contributed by atoms with Crippen molar-refractivity contribution in [3.05, 3.63) is 46.4 Å². The van der Waals surface area contributed by atoms with Gasteiger partial charge in [-0.15, -0.1) is 0 Å². The lowest BCUT2D eigenvalue weighted by Crippen LogP contribution is -2.52. The third kappa shape index (κ3) is 3.20. The van der Waals surface area contributed by atoms with Gasteiger partial charge >= 0.3 is 0 Å². The average molecular weight is 408 g/mol. The zero-order valence-corrected chi connectivity index (χ0v) is 16.2. The molecule has 5 nitrogen and oxygen atoms in total. The van der Waals surface area contributed by atoms with E-state index in [9.17, 15) is 4.79 Å². The summed E-state index contributed by atoms with van der Waals surface area (Å²) in [5.41, 5.74) is 1.43. The van der Waals surface area contributed by atoms with Crippen molar-refractivity contribution in [1.29, 1.82) is 0 Å². The van der Waals surface area contributed by atoms with E-state index in [0.29, 0.717) is 28.8 Å². The number of carbonyl (C=O) groups is 1. The van der Waals surface area contributed by atoms with Gasteiger partial charge in [-0.05, 0) is 30.3 Å². The molecule has 0 radical (unpaired) electrons. The molecule has 1 N–H and O–H groups in total. The van der Waals surface area contributed by atoms with Crippen LogP contribution >= 0.6 is 34.5 Å². The lowest BCUT2D eigenvalue weighted by Gasteiger charge is -2.38. The number of ether oxygens (including phenoxy) is 1. The molecule has 8 heteroatoms. The van der Waals surface area contributed by atoms with Crippen molar-refractivity contribution in [1.82, 2.24) is 4.98 Å². The fourth-order valence-corrected chi connectivity index (χ4v) is 4.29. The topological polar surface area (TPSA) is 54.5 Å². The van der Waals surface area contributed by atoms with E-state index in [0.717, 1.165) is 21.1 Å². The minimum Gasteiger partial charge on any atom is -0.494 e. The molecule has 26 heavy (non-hydrogen) atoms. The van der Waals surface area contributed by atoms with Gasteiger partial charge in [0.05, 0.1) is 28.4 Å². The summed E-state index contributed by atoms with van der Waals surface area (Å²) in [6.07, 6.45) is 0. The number of nitrogens with one attached hydrogen (secondary N) is 1. The number of amides is 1. The van der Waals surface area contributed by atoms with Crippen LogP contribution < -0.4 is 15.0 Å². The number of rotatable bonds is 4. The van der Waals surface area contributed by atoms with Gasteiger partial charge in [0.25, 0.3) is 0 Å². The molecule has 1 fully saturated rings. The Kier molecular flexibility index (Phi) is 4.65. The highest BCUT2D eigenvalue weighted by Gasteiger charge is 2.34. The normalized spacial score (nSPS) is 14.3. The maximum absolute atomic E-state index is 12.4. The number of hydrogen-bond donors (Lipinski definition) is 1. The Balaban J connectivity index is 1.42. The molecule has 1 saturated heterocycles. The standard InChI is InChI=1S/C18H15Cl2N3O2S/c1-25-14-3-2-4-15-16(14)22-18(26-15)23-8-10(9-23)17(24)21-13-6-5-11(19)7-12(13)20/h2-7,10H,8-9H2,1H3,(H,21,24). The Labute approximate surface area is 164 Å². The fourth-order valence-electron chi connectivity index (χ4n) is 2.84. The minimum atomic E-state index is -0.101. The lowest BCUT2D eigenvalue weighted by molar-refractivity contribution is -0.120. The highest BCUT2D eigenvalue weighted by molar-refractivity contribution is 7.22. The number of carbonyl (C=O) groups excluding carboxylic acids is 1. The van der Waals surface area contributed by atoms with Crippen molar-refractivity contribution < 1.29 is 9.53 Å². The van der Waals surface area contributed by atoms with E-state index in [1.165, 1.54) is 0 Å². The van der Waals surface area contributed by atoms with Crippen molar-refractivity contribution in [2.45, 2.75) is 0 Å². The third-order valence-corrected chi connectivity index (χ3v) is 5.93. The maximum Gasteiger partial charge on any atom is 0.231 e. The molecule has 2 heterocycles. The minimum absolute atomic E-state index is 0.0517. The van der Waals surface area contributed by atoms with Crippen LogP contribution in [0.1, 0.15) is 0 Å². The van der Waals surface area contributed by atoms with Crippen LogP contribution in [-0.2, 0) is 4.79 Å². The molecule has 1 aromatic heterocycles. The van der Waals surface area contributed by atoms with E-state index in [2.05, 4.69) is 15.2 Å². The van der Waals surface area contributed by atoms with Gasteiger partial charge < -0.3 is 15.0 Å². The molecule has 0 atom stereocenters. The van der Waals surface area contributed by atoms with Crippen LogP contribution in [0.5, 0.6) is 5.75 Å². The highest BCUT2D eigenvalue weighted by atomic mass is 35.5. The smallest absolute Gasteiger partial charge is 0.231 e. The van der Waals surface area contributed by atoms with Crippen LogP contribution in [0.4, 0.5) is 10.8 Å². The molecule has 2 aromatic carbocycles. The van der Waals surface area contributed by atoms with Gasteiger partial charge in [-0.1, -0.05) is 40.6 Å². The Morgan fingerprint density at radius 1 is 1.31 bits per heavy atom. The maximum atomic E-state index is 12.4. The number of nitrogens with zero attached hydrogens (tertiary/aromatic N) is 2. The first-order chi connectivity index (χ1) is 12.5. The summed E-state index contributed by atoms with van der Waals surface area (Å²) in [5.74, 6) is 0.608. The van der Waals surface area contributed by atoms with E-state index in [1.807, 2.05) is 18.2 Å². The lowest BCUT2D eigenvalue weighted by atomic mass is 10.00. The van der Waals surface area contributed by atoms with Crippen molar-refractivity contribution in [2.75, 3.05) is 30.4 Å². The van der Waals surface area contributed by atoms with Gasteiger partial charge in [-0.2, -0.15) is 0 Å². The number of aromatic nitrogens is 1. The average Bonchev–Trinajstić information content (AvgIpc) is 2.99. The predicted molar refractivity (Wildman–Crippen MR) is 107 cm³/mol. The Morgan fingerprint density at radius 2 is 2.12 bits per heavy atom. The molecule has 4 rings (SSSR count). The quantitative estimate of drug-likeness (QED) is 0.681. The van der Waals surface area contributed by atoms with Gasteiger partial charge in [-0.25, -0.2) is 4.98 Å². The molecule has 0 spiro atoms. The van der Waals surface area contributed by atoms with Gasteiger partial charge in [0.2, 0.25) is 5.91 Å². The molecule has 1 aliphatic heterocycles. The van der Waals surface area contributed by atoms with Crippen LogP contribution in [0.2, 0.25) is 10.0 Å². The van der Waals surface area contributed by atoms with Crippen LogP contribution in [0.15, 0.2) is 36.4 Å². The van der Waals surface area contributed by atoms with Gasteiger partial charge in [0.1, 0.15) is 11.3 Å². The predicted octanol–water partition coefficient (Wildman–Crippen LogP) is 4.69. The first kappa shape index (κ1) is 17.4. The second kappa shape index (κ2) is 6.95. The van der Waals surface area contributed by atoms with E-state index >= 15 is 0 Å². The van der Waals surface area contributed by atoms with E-state index in [1.54, 1.807) is 36.6 Å². The highest BCUT2D eigenvalue weighted by Crippen LogP contribution is 2.37. The van der Waals surface area contributed by atoms with Crippen molar-refractivity contribution >= 4 is 61.5 Å². The number of para-hydroxylation sites is 1. The van der Waals surface area contributed by atoms with Crippen molar-refractivity contribution in [3.63, 3.8) is 0 Å². The molecule has 0 aliphatic carbocycles. The molecular weight excluding hydrogens is 393 g/mol. The monoisotopic (exact) mass is 407 g/mol. The summed E-state index contributed by atoms with van der Waals surface area (Å²) >= 11 is 13.6. The summed E-state index contributed by atoms with van der Waals surface area (Å²) in [7, 11) is 1.64. The van der Waals surface area contributed by atoms with Crippen LogP contribution in [-0.4, -0.2) is 31.1 Å². The first-order valence-corrected chi connectivity index (χ1v) is 9.57. The summed E-state index contributed by atoms with van der Waals surface area (Å²) < 4.78 is 6.43. The number of hydrogen-bond acceptors (Lipinski definition) is 5. The largest absolute Gasteiger partial charge is 0.494 e. The summed E-state index contributed by atoms with van der Waals surface area (Å²) in [5, 5.41) is 4.73. The Bertz CT molecular complexity index is 986. The summed E-state index contributed by atoms with van der Waals surface area (Å²) in [6.45, 7) is 1.25. The first-order valence-electron chi connectivity index (χ1n) is 7.99. The van der Waals surface area contributed by atoms with Gasteiger partial charge in [0.15, 0.2) is 5.13 Å². The molecule has 3 aromatic rings. The molecule has 1 amide bonds. The van der Waals surface area contributed by atoms with E-state index in [-0.39, 0.29) is 11.8 Å². The number of benzene rings is 2. The number of thiazole rings is 1. The van der Waals surface area contributed by atoms with Crippen LogP contribution in [0.3, 0.4) is 0 Å². The summed E-state index contributed by atoms with van der Waals surface area (Å²) in [6, 6.07) is 10.9. The third-order valence-electron chi connectivity index (χ3n) is 4.30. The second-order valence-corrected chi connectivity index (χ2v) is 7.87. The molecule has 0 saturated carbocycles. The number of anilines is 2. The number of halogens is 2. The van der Waals surface area contributed by atoms with Crippen molar-refractivity contribution in [2.24, 2.45) is 5.92 Å². The fraction of sp³-hybridized carbons (Fsp3) is 0.222. The number of fused-ring (bicyclic) bond motifs is 1. The second-order valence-electron chi connectivity index (χ2n) is 6.02. The molecule has 134 valence electrons. The van der Waals surface area contributed by atoms with Crippen LogP contribution in [0, 0.1) is 5.92 Å². The zero-order valence-electron chi connectivity index (χ0n) is 13.8. The number of methoxy groups -OCH3 is 1. The Morgan fingerprint density at radius 3 is 2.85 bits per heavy atom. The SMILES string of the molecule is COc1cccc2sc(N3CC(C(=O)Nc4ccc(Cl)cc4Cl)C3)nc12. The molecule has 1 aliphatic rings. The van der Waals surface area contributed by atoms with Crippen LogP contribution in [0.25, 0.3) is 10.2 Å². The van der Waals surface area contributed by atoms with E-state index in [4.69, 9.17) is 27.9 Å². The summed E-state index contributed by atoms with van der Waals surface area (Å²) in [4.78, 5) is 19.2. The van der Waals surface area contributed by atoms with Gasteiger partial charge in [-0.3, -0.25) is 4.79 Å². The molecule has 0 unspecified atom stereocenters. The van der Waals surface area contributed by atoms with E-state index < -0.39 is 0 Å².